The summed E-state index contributed by atoms with van der Waals surface area (Å²) < 4.78 is 1.97. The van der Waals surface area contributed by atoms with Crippen molar-refractivity contribution < 1.29 is 0 Å². The molecule has 0 N–H and O–H groups in total. The number of aromatic nitrogens is 3. The molecule has 0 amide bonds. The lowest BCUT2D eigenvalue weighted by Gasteiger charge is -1.93. The molecule has 14 heavy (non-hydrogen) atoms. The van der Waals surface area contributed by atoms with E-state index in [0.717, 1.165) is 16.8 Å². The molecule has 3 aromatic heterocycles. The molecule has 3 heterocycles. The molecular weight excluding hydrogens is 198 g/mol. The highest BCUT2D eigenvalue weighted by atomic mass is 35.5. The minimum Gasteiger partial charge on any atom is -0.298 e. The summed E-state index contributed by atoms with van der Waals surface area (Å²) in [6.45, 7) is 0. The van der Waals surface area contributed by atoms with Gasteiger partial charge in [0.15, 0.2) is 5.65 Å². The zero-order chi connectivity index (χ0) is 9.54. The number of hydrogen-bond acceptors (Lipinski definition) is 2. The Labute approximate surface area is 85.0 Å². The molecule has 0 aliphatic carbocycles. The van der Waals surface area contributed by atoms with Gasteiger partial charge in [0.1, 0.15) is 5.65 Å². The summed E-state index contributed by atoms with van der Waals surface area (Å²) >= 11 is 5.87. The summed E-state index contributed by atoms with van der Waals surface area (Å²) in [6, 6.07) is 7.53. The van der Waals surface area contributed by atoms with Crippen LogP contribution in [0.25, 0.3) is 16.8 Å². The van der Waals surface area contributed by atoms with Crippen molar-refractivity contribution in [2.24, 2.45) is 0 Å². The normalized spacial score (nSPS) is 11.2. The molecule has 3 rings (SSSR count). The van der Waals surface area contributed by atoms with E-state index in [4.69, 9.17) is 11.6 Å². The summed E-state index contributed by atoms with van der Waals surface area (Å²) in [5.41, 5.74) is 2.57. The second kappa shape index (κ2) is 2.69. The van der Waals surface area contributed by atoms with Crippen molar-refractivity contribution in [3.8, 4) is 0 Å². The Balaban J connectivity index is 2.57. The molecular formula is C10H6ClN3. The smallest absolute Gasteiger partial charge is 0.178 e. The second-order valence-corrected chi connectivity index (χ2v) is 3.47. The van der Waals surface area contributed by atoms with Crippen LogP contribution in [0, 0.1) is 0 Å². The predicted molar refractivity (Wildman–Crippen MR) is 55.5 cm³/mol. The van der Waals surface area contributed by atoms with Gasteiger partial charge in [0.25, 0.3) is 0 Å². The van der Waals surface area contributed by atoms with Crippen LogP contribution in [0.4, 0.5) is 0 Å². The maximum Gasteiger partial charge on any atom is 0.178 e. The number of nitrogens with zero attached hydrogens (tertiary/aromatic N) is 3. The van der Waals surface area contributed by atoms with Gasteiger partial charge in [0.05, 0.1) is 5.52 Å². The van der Waals surface area contributed by atoms with Crippen molar-refractivity contribution >= 4 is 28.4 Å². The first-order valence-corrected chi connectivity index (χ1v) is 4.61. The van der Waals surface area contributed by atoms with E-state index in [9.17, 15) is 0 Å². The number of rotatable bonds is 0. The summed E-state index contributed by atoms with van der Waals surface area (Å²) in [5, 5.41) is 0.688. The molecule has 68 valence electrons. The van der Waals surface area contributed by atoms with Crippen LogP contribution in [0.5, 0.6) is 0 Å². The fourth-order valence-corrected chi connectivity index (χ4v) is 1.68. The van der Waals surface area contributed by atoms with Crippen LogP contribution in [-0.4, -0.2) is 14.4 Å². The van der Waals surface area contributed by atoms with Crippen LogP contribution in [0.2, 0.25) is 5.02 Å². The van der Waals surface area contributed by atoms with Crippen LogP contribution >= 0.6 is 11.6 Å². The lowest BCUT2D eigenvalue weighted by molar-refractivity contribution is 1.23. The van der Waals surface area contributed by atoms with Gasteiger partial charge in [-0.15, -0.1) is 0 Å². The Morgan fingerprint density at radius 2 is 2.21 bits per heavy atom. The van der Waals surface area contributed by atoms with E-state index < -0.39 is 0 Å². The molecule has 0 saturated heterocycles. The predicted octanol–water partition coefficient (Wildman–Crippen LogP) is 2.54. The van der Waals surface area contributed by atoms with E-state index in [1.54, 1.807) is 6.20 Å². The Bertz CT molecular complexity index is 615. The van der Waals surface area contributed by atoms with E-state index >= 15 is 0 Å². The molecule has 0 aliphatic rings. The van der Waals surface area contributed by atoms with Crippen LogP contribution in [0.15, 0.2) is 36.7 Å². The molecule has 0 spiro atoms. The Morgan fingerprint density at radius 1 is 1.29 bits per heavy atom. The molecule has 0 radical (unpaired) electrons. The average molecular weight is 204 g/mol. The minimum absolute atomic E-state index is 0.688. The first-order chi connectivity index (χ1) is 6.84. The van der Waals surface area contributed by atoms with Crippen LogP contribution in [0.3, 0.4) is 0 Å². The van der Waals surface area contributed by atoms with Crippen LogP contribution < -0.4 is 0 Å². The molecule has 3 aromatic rings. The van der Waals surface area contributed by atoms with Gasteiger partial charge in [-0.1, -0.05) is 11.6 Å². The topological polar surface area (TPSA) is 30.2 Å². The molecule has 3 nitrogen and oxygen atoms in total. The maximum absolute atomic E-state index is 5.87. The number of halogens is 1. The summed E-state index contributed by atoms with van der Waals surface area (Å²) in [5.74, 6) is 0. The average Bonchev–Trinajstić information content (AvgIpc) is 2.54. The number of hydrogen-bond donors (Lipinski definition) is 0. The van der Waals surface area contributed by atoms with Gasteiger partial charge in [-0.25, -0.2) is 9.97 Å². The van der Waals surface area contributed by atoms with Gasteiger partial charge < -0.3 is 0 Å². The first kappa shape index (κ1) is 7.76. The van der Waals surface area contributed by atoms with Crippen molar-refractivity contribution in [2.75, 3.05) is 0 Å². The third-order valence-corrected chi connectivity index (χ3v) is 2.38. The Kier molecular flexibility index (Phi) is 1.49. The monoisotopic (exact) mass is 203 g/mol. The summed E-state index contributed by atoms with van der Waals surface area (Å²) in [6.07, 6.45) is 3.63. The van der Waals surface area contributed by atoms with Crippen molar-refractivity contribution in [2.45, 2.75) is 0 Å². The summed E-state index contributed by atoms with van der Waals surface area (Å²) in [4.78, 5) is 8.52. The van der Waals surface area contributed by atoms with Crippen LogP contribution in [0.1, 0.15) is 0 Å². The molecule has 0 atom stereocenters. The Morgan fingerprint density at radius 3 is 3.14 bits per heavy atom. The van der Waals surface area contributed by atoms with E-state index in [1.807, 2.05) is 34.9 Å². The number of imidazole rings is 1. The van der Waals surface area contributed by atoms with Crippen molar-refractivity contribution in [3.63, 3.8) is 0 Å². The molecule has 0 unspecified atom stereocenters. The van der Waals surface area contributed by atoms with Gasteiger partial charge in [0.2, 0.25) is 0 Å². The van der Waals surface area contributed by atoms with E-state index in [-0.39, 0.29) is 0 Å². The lowest BCUT2D eigenvalue weighted by atomic mass is 10.4. The Hall–Kier alpha value is -1.61. The minimum atomic E-state index is 0.688. The largest absolute Gasteiger partial charge is 0.298 e. The highest BCUT2D eigenvalue weighted by Gasteiger charge is 2.03. The van der Waals surface area contributed by atoms with Crippen molar-refractivity contribution in [1.29, 1.82) is 0 Å². The standard InChI is InChI=1S/C10H6ClN3/c11-7-3-5-14-8-2-1-4-12-10(8)13-9(14)6-7/h1-6H. The molecule has 0 saturated carbocycles. The lowest BCUT2D eigenvalue weighted by Crippen LogP contribution is -1.82. The van der Waals surface area contributed by atoms with E-state index in [1.165, 1.54) is 0 Å². The fourth-order valence-electron chi connectivity index (χ4n) is 1.52. The third kappa shape index (κ3) is 0.992. The van der Waals surface area contributed by atoms with Crippen molar-refractivity contribution in [1.82, 2.24) is 14.4 Å². The third-order valence-electron chi connectivity index (χ3n) is 2.14. The molecule has 0 fully saturated rings. The van der Waals surface area contributed by atoms with Gasteiger partial charge in [-0.2, -0.15) is 0 Å². The van der Waals surface area contributed by atoms with Gasteiger partial charge >= 0.3 is 0 Å². The summed E-state index contributed by atoms with van der Waals surface area (Å²) in [7, 11) is 0. The van der Waals surface area contributed by atoms with E-state index in [0.29, 0.717) is 5.02 Å². The zero-order valence-corrected chi connectivity index (χ0v) is 7.94. The van der Waals surface area contributed by atoms with Gasteiger partial charge in [-0.05, 0) is 18.2 Å². The second-order valence-electron chi connectivity index (χ2n) is 3.03. The van der Waals surface area contributed by atoms with E-state index in [2.05, 4.69) is 9.97 Å². The SMILES string of the molecule is Clc1ccn2c(c1)nc1ncccc12. The molecule has 0 aromatic carbocycles. The molecule has 0 aliphatic heterocycles. The van der Waals surface area contributed by atoms with Gasteiger partial charge in [-0.3, -0.25) is 4.40 Å². The quantitative estimate of drug-likeness (QED) is 0.562. The number of pyridine rings is 2. The highest BCUT2D eigenvalue weighted by molar-refractivity contribution is 6.30. The number of fused-ring (bicyclic) bond motifs is 3. The molecule has 4 heteroatoms. The first-order valence-electron chi connectivity index (χ1n) is 4.23. The van der Waals surface area contributed by atoms with Crippen LogP contribution in [-0.2, 0) is 0 Å². The van der Waals surface area contributed by atoms with Gasteiger partial charge in [0, 0.05) is 23.5 Å². The fraction of sp³-hybridized carbons (Fsp3) is 0. The maximum atomic E-state index is 5.87. The zero-order valence-electron chi connectivity index (χ0n) is 7.18. The van der Waals surface area contributed by atoms with Crippen molar-refractivity contribution in [3.05, 3.63) is 41.7 Å². The molecule has 0 bridgehead atoms. The highest BCUT2D eigenvalue weighted by Crippen LogP contribution is 2.17.